The van der Waals surface area contributed by atoms with E-state index in [1.54, 1.807) is 6.20 Å². The first-order valence-electron chi connectivity index (χ1n) is 12.2. The van der Waals surface area contributed by atoms with Crippen LogP contribution in [0.25, 0.3) is 0 Å². The van der Waals surface area contributed by atoms with E-state index in [9.17, 15) is 9.59 Å². The van der Waals surface area contributed by atoms with Crippen LogP contribution in [0.3, 0.4) is 0 Å². The standard InChI is InChI=1S/C28H30N4O3/c1-19-4-2-3-5-24(19)30-28(35)25-17-32-18-31(15-14-26(32)29-25)23-12-10-22(11-13-23)21-8-6-20(7-9-21)16-27(33)34/h2-5,10-15,17,20-21H,6-9,16,18H2,1H3,(H,30,35)(H,33,34)/q+1. The third-order valence-corrected chi connectivity index (χ3v) is 7.15. The van der Waals surface area contributed by atoms with Crippen LogP contribution in [0.5, 0.6) is 0 Å². The molecule has 5 rings (SSSR count). The van der Waals surface area contributed by atoms with Crippen molar-refractivity contribution in [2.24, 2.45) is 10.9 Å². The van der Waals surface area contributed by atoms with Crippen LogP contribution in [-0.4, -0.2) is 29.5 Å². The number of para-hydroxylation sites is 1. The van der Waals surface area contributed by atoms with Gasteiger partial charge in [-0.05, 0) is 73.8 Å². The van der Waals surface area contributed by atoms with Gasteiger partial charge in [0.05, 0.1) is 0 Å². The molecule has 1 saturated carbocycles. The summed E-state index contributed by atoms with van der Waals surface area (Å²) in [6.07, 6.45) is 10.1. The minimum Gasteiger partial charge on any atom is -0.481 e. The van der Waals surface area contributed by atoms with Crippen molar-refractivity contribution in [3.05, 3.63) is 83.8 Å². The Kier molecular flexibility index (Phi) is 6.51. The van der Waals surface area contributed by atoms with Gasteiger partial charge in [-0.1, -0.05) is 35.2 Å². The molecule has 7 nitrogen and oxygen atoms in total. The van der Waals surface area contributed by atoms with Crippen LogP contribution in [-0.2, 0) is 9.59 Å². The summed E-state index contributed by atoms with van der Waals surface area (Å²) < 4.78 is 0. The average molecular weight is 471 g/mol. The number of carbonyl (C=O) groups is 2. The third kappa shape index (κ3) is 5.20. The predicted molar refractivity (Wildman–Crippen MR) is 137 cm³/mol. The maximum atomic E-state index is 12.7. The first-order chi connectivity index (χ1) is 17.0. The molecular formula is C28H30N4O3+. The second-order valence-corrected chi connectivity index (χ2v) is 9.56. The summed E-state index contributed by atoms with van der Waals surface area (Å²) in [5, 5.41) is 12.0. The highest BCUT2D eigenvalue weighted by atomic mass is 16.4. The normalized spacial score (nSPS) is 21.8. The maximum absolute atomic E-state index is 12.7. The van der Waals surface area contributed by atoms with Crippen molar-refractivity contribution in [3.63, 3.8) is 0 Å². The van der Waals surface area contributed by atoms with Gasteiger partial charge in [0.1, 0.15) is 0 Å². The number of hydrogen-bond donors (Lipinski definition) is 2. The number of aliphatic imine (C=N–C) groups is 1. The molecular weight excluding hydrogens is 440 g/mol. The van der Waals surface area contributed by atoms with Crippen LogP contribution in [0.1, 0.15) is 49.1 Å². The summed E-state index contributed by atoms with van der Waals surface area (Å²) >= 11 is 0. The van der Waals surface area contributed by atoms with Crippen molar-refractivity contribution in [1.29, 1.82) is 0 Å². The number of anilines is 2. The van der Waals surface area contributed by atoms with Gasteiger partial charge in [0.25, 0.3) is 11.7 Å². The number of carboxylic acid groups (broad SMARTS) is 1. The van der Waals surface area contributed by atoms with Crippen LogP contribution < -0.4 is 15.1 Å². The Morgan fingerprint density at radius 1 is 1.09 bits per heavy atom. The van der Waals surface area contributed by atoms with E-state index in [-0.39, 0.29) is 5.91 Å². The van der Waals surface area contributed by atoms with Gasteiger partial charge in [-0.15, -0.1) is 0 Å². The SMILES string of the molecule is Cc1ccccc1NC(=O)C1=C[N+]2CN(c3ccc(C4CCC(CC(=O)O)CC4)cc3)C=CC2=N1. The van der Waals surface area contributed by atoms with Gasteiger partial charge in [0.15, 0.2) is 11.9 Å². The summed E-state index contributed by atoms with van der Waals surface area (Å²) in [5.41, 5.74) is 4.59. The molecule has 1 amide bonds. The monoisotopic (exact) mass is 470 g/mol. The molecule has 2 aromatic rings. The molecule has 1 fully saturated rings. The zero-order valence-electron chi connectivity index (χ0n) is 19.9. The van der Waals surface area contributed by atoms with Gasteiger partial charge in [-0.2, -0.15) is 4.99 Å². The lowest BCUT2D eigenvalue weighted by Gasteiger charge is -2.28. The first-order valence-corrected chi connectivity index (χ1v) is 12.2. The number of nitrogens with one attached hydrogen (secondary N) is 1. The highest BCUT2D eigenvalue weighted by molar-refractivity contribution is 6.10. The number of aryl methyl sites for hydroxylation is 1. The van der Waals surface area contributed by atoms with Crippen LogP contribution in [0.2, 0.25) is 0 Å². The largest absolute Gasteiger partial charge is 0.481 e. The number of amides is 1. The number of carboxylic acids is 1. The lowest BCUT2D eigenvalue weighted by molar-refractivity contribution is -0.138. The van der Waals surface area contributed by atoms with Gasteiger partial charge in [-0.3, -0.25) is 14.5 Å². The van der Waals surface area contributed by atoms with Crippen molar-refractivity contribution < 1.29 is 14.7 Å². The molecule has 179 valence electrons. The maximum Gasteiger partial charge on any atom is 0.303 e. The van der Waals surface area contributed by atoms with E-state index < -0.39 is 5.97 Å². The number of nitrogens with zero attached hydrogens (tertiary/aromatic N) is 3. The second kappa shape index (κ2) is 9.88. The van der Waals surface area contributed by atoms with Crippen molar-refractivity contribution in [1.82, 2.24) is 4.90 Å². The summed E-state index contributed by atoms with van der Waals surface area (Å²) in [7, 11) is 0. The molecule has 2 aromatic carbocycles. The van der Waals surface area contributed by atoms with Crippen LogP contribution in [0.15, 0.2) is 77.7 Å². The molecule has 0 bridgehead atoms. The second-order valence-electron chi connectivity index (χ2n) is 9.56. The lowest BCUT2D eigenvalue weighted by Crippen LogP contribution is -2.41. The van der Waals surface area contributed by atoms with Crippen molar-refractivity contribution in [3.8, 4) is 0 Å². The highest BCUT2D eigenvalue weighted by Crippen LogP contribution is 2.37. The molecule has 35 heavy (non-hydrogen) atoms. The Bertz CT molecular complexity index is 1210. The first kappa shape index (κ1) is 23.1. The number of carbonyl (C=O) groups excluding carboxylic acids is 1. The van der Waals surface area contributed by atoms with Gasteiger partial charge >= 0.3 is 5.97 Å². The summed E-state index contributed by atoms with van der Waals surface area (Å²) in [6.45, 7) is 2.54. The van der Waals surface area contributed by atoms with E-state index in [2.05, 4.69) is 39.5 Å². The zero-order chi connectivity index (χ0) is 24.4. The van der Waals surface area contributed by atoms with Crippen molar-refractivity contribution >= 4 is 29.1 Å². The topological polar surface area (TPSA) is 87.9 Å². The minimum atomic E-state index is -0.688. The molecule has 3 aliphatic rings. The Balaban J connectivity index is 1.20. The summed E-state index contributed by atoms with van der Waals surface area (Å²) in [5.74, 6) is 0.664. The summed E-state index contributed by atoms with van der Waals surface area (Å²) in [6, 6.07) is 16.3. The van der Waals surface area contributed by atoms with E-state index in [0.717, 1.165) is 48.5 Å². The molecule has 0 unspecified atom stereocenters. The minimum absolute atomic E-state index is 0.219. The molecule has 0 aromatic heterocycles. The fraction of sp³-hybridized carbons (Fsp3) is 0.321. The Morgan fingerprint density at radius 3 is 2.54 bits per heavy atom. The van der Waals surface area contributed by atoms with Crippen molar-refractivity contribution in [2.45, 2.75) is 44.9 Å². The van der Waals surface area contributed by atoms with Gasteiger partial charge < -0.3 is 10.4 Å². The quantitative estimate of drug-likeness (QED) is 0.577. The fourth-order valence-electron chi connectivity index (χ4n) is 5.11. The van der Waals surface area contributed by atoms with Gasteiger partial charge in [-0.25, -0.2) is 0 Å². The molecule has 2 aliphatic heterocycles. The smallest absolute Gasteiger partial charge is 0.303 e. The molecule has 2 heterocycles. The number of rotatable bonds is 6. The van der Waals surface area contributed by atoms with E-state index in [0.29, 0.717) is 30.6 Å². The predicted octanol–water partition coefficient (Wildman–Crippen LogP) is 5.07. The number of amidine groups is 1. The Labute approximate surface area is 205 Å². The Hall–Kier alpha value is -3.71. The van der Waals surface area contributed by atoms with Crippen LogP contribution in [0.4, 0.5) is 11.4 Å². The zero-order valence-corrected chi connectivity index (χ0v) is 19.9. The van der Waals surface area contributed by atoms with Gasteiger partial charge in [0.2, 0.25) is 6.67 Å². The highest BCUT2D eigenvalue weighted by Gasteiger charge is 2.35. The van der Waals surface area contributed by atoms with Gasteiger partial charge in [0, 0.05) is 30.1 Å². The lowest BCUT2D eigenvalue weighted by atomic mass is 9.77. The molecule has 7 heteroatoms. The van der Waals surface area contributed by atoms with E-state index in [1.807, 2.05) is 48.4 Å². The molecule has 1 radical (unpaired) electrons. The number of benzene rings is 2. The molecule has 0 spiro atoms. The van der Waals surface area contributed by atoms with Crippen molar-refractivity contribution in [2.75, 3.05) is 16.9 Å². The fourth-order valence-corrected chi connectivity index (χ4v) is 5.11. The average Bonchev–Trinajstić information content (AvgIpc) is 3.29. The molecule has 0 atom stereocenters. The summed E-state index contributed by atoms with van der Waals surface area (Å²) in [4.78, 5) is 32.3. The molecule has 2 N–H and O–H groups in total. The van der Waals surface area contributed by atoms with E-state index in [4.69, 9.17) is 5.11 Å². The van der Waals surface area contributed by atoms with Crippen LogP contribution in [0, 0.1) is 12.8 Å². The number of hydrogen-bond acceptors (Lipinski definition) is 5. The molecule has 0 saturated heterocycles. The number of fused-ring (bicyclic) bond motifs is 1. The number of aliphatic carboxylic acids is 1. The van der Waals surface area contributed by atoms with E-state index in [1.165, 1.54) is 5.56 Å². The van der Waals surface area contributed by atoms with Crippen LogP contribution >= 0.6 is 0 Å². The third-order valence-electron chi connectivity index (χ3n) is 7.15. The molecule has 1 aliphatic carbocycles. The van der Waals surface area contributed by atoms with E-state index >= 15 is 0 Å². The Morgan fingerprint density at radius 2 is 1.83 bits per heavy atom.